The van der Waals surface area contributed by atoms with Crippen molar-refractivity contribution in [1.82, 2.24) is 0 Å². The van der Waals surface area contributed by atoms with E-state index in [0.29, 0.717) is 12.8 Å². The first kappa shape index (κ1) is 23.2. The summed E-state index contributed by atoms with van der Waals surface area (Å²) in [6, 6.07) is 0. The van der Waals surface area contributed by atoms with Gasteiger partial charge in [0, 0.05) is 32.5 Å². The number of hydrogen-bond acceptors (Lipinski definition) is 7. The Balaban J connectivity index is 1.94. The molecule has 3 rings (SSSR count). The van der Waals surface area contributed by atoms with Gasteiger partial charge in [-0.25, -0.2) is 0 Å². The molecule has 2 N–H and O–H groups in total. The third-order valence-corrected chi connectivity index (χ3v) is 12.3. The first-order chi connectivity index (χ1) is 13.2. The quantitative estimate of drug-likeness (QED) is 0.523. The maximum atomic E-state index is 12.0. The molecule has 0 aromatic carbocycles. The van der Waals surface area contributed by atoms with Crippen LogP contribution >= 0.6 is 0 Å². The summed E-state index contributed by atoms with van der Waals surface area (Å²) in [7, 11) is -0.509. The Hall–Kier alpha value is -0.513. The Labute approximate surface area is 175 Å². The molecule has 3 aliphatic heterocycles. The zero-order valence-electron chi connectivity index (χ0n) is 18.9. The molecule has 0 aliphatic carbocycles. The van der Waals surface area contributed by atoms with E-state index in [9.17, 15) is 15.0 Å². The van der Waals surface area contributed by atoms with Gasteiger partial charge in [-0.15, -0.1) is 0 Å². The van der Waals surface area contributed by atoms with Crippen LogP contribution in [0.5, 0.6) is 0 Å². The second-order valence-corrected chi connectivity index (χ2v) is 15.6. The largest absolute Gasteiger partial charge is 0.462 e. The van der Waals surface area contributed by atoms with Crippen molar-refractivity contribution in [2.75, 3.05) is 13.7 Å². The minimum atomic E-state index is -2.10. The molecular weight excluding hydrogens is 392 g/mol. The third kappa shape index (κ3) is 4.16. The van der Waals surface area contributed by atoms with E-state index in [0.717, 1.165) is 6.42 Å². The lowest BCUT2D eigenvalue weighted by Crippen LogP contribution is -2.55. The Kier molecular flexibility index (Phi) is 6.04. The van der Waals surface area contributed by atoms with Gasteiger partial charge in [-0.1, -0.05) is 20.8 Å². The van der Waals surface area contributed by atoms with Gasteiger partial charge in [0.25, 0.3) is 0 Å². The second-order valence-electron chi connectivity index (χ2n) is 10.8. The van der Waals surface area contributed by atoms with E-state index in [2.05, 4.69) is 33.9 Å². The topological polar surface area (TPSA) is 94.5 Å². The van der Waals surface area contributed by atoms with Crippen molar-refractivity contribution < 1.29 is 33.6 Å². The van der Waals surface area contributed by atoms with E-state index in [4.69, 9.17) is 18.6 Å². The van der Waals surface area contributed by atoms with Crippen molar-refractivity contribution in [3.8, 4) is 0 Å². The van der Waals surface area contributed by atoms with E-state index < -0.39 is 49.9 Å². The SMILES string of the molecule is CO[C@@]12CC[C@@](C)(C[C@H]3OC(=O)C[C@H]3[C@H](O)[C@H](O)[C@H]1CO[Si](C)(C)C(C)(C)C)O2. The maximum Gasteiger partial charge on any atom is 0.306 e. The van der Waals surface area contributed by atoms with Crippen LogP contribution in [0.3, 0.4) is 0 Å². The van der Waals surface area contributed by atoms with Crippen LogP contribution in [0.4, 0.5) is 0 Å². The van der Waals surface area contributed by atoms with Crippen molar-refractivity contribution in [3.05, 3.63) is 0 Å². The molecule has 3 heterocycles. The zero-order chi connectivity index (χ0) is 21.8. The van der Waals surface area contributed by atoms with Gasteiger partial charge < -0.3 is 28.8 Å². The molecule has 8 heteroatoms. The predicted molar refractivity (Wildman–Crippen MR) is 110 cm³/mol. The molecule has 3 fully saturated rings. The normalized spacial score (nSPS) is 43.3. The predicted octanol–water partition coefficient (Wildman–Crippen LogP) is 2.59. The summed E-state index contributed by atoms with van der Waals surface area (Å²) in [5, 5.41) is 22.3. The first-order valence-corrected chi connectivity index (χ1v) is 13.6. The van der Waals surface area contributed by atoms with Crippen molar-refractivity contribution >= 4 is 14.3 Å². The smallest absolute Gasteiger partial charge is 0.306 e. The van der Waals surface area contributed by atoms with Gasteiger partial charge in [0.05, 0.1) is 30.1 Å². The third-order valence-electron chi connectivity index (χ3n) is 7.76. The molecule has 7 atom stereocenters. The zero-order valence-corrected chi connectivity index (χ0v) is 19.9. The van der Waals surface area contributed by atoms with Crippen LogP contribution in [0.1, 0.15) is 53.4 Å². The Bertz CT molecular complexity index is 633. The summed E-state index contributed by atoms with van der Waals surface area (Å²) >= 11 is 0. The van der Waals surface area contributed by atoms with Crippen molar-refractivity contribution in [2.45, 2.75) is 101 Å². The number of esters is 1. The van der Waals surface area contributed by atoms with Crippen molar-refractivity contribution in [3.63, 3.8) is 0 Å². The van der Waals surface area contributed by atoms with Crippen LogP contribution in [-0.2, 0) is 23.4 Å². The van der Waals surface area contributed by atoms with Crippen LogP contribution in [0.2, 0.25) is 18.1 Å². The van der Waals surface area contributed by atoms with E-state index in [1.807, 2.05) is 6.92 Å². The number of hydrogen-bond donors (Lipinski definition) is 2. The van der Waals surface area contributed by atoms with Gasteiger partial charge in [0.1, 0.15) is 6.10 Å². The number of carbonyl (C=O) groups excluding carboxylic acids is 1. The monoisotopic (exact) mass is 430 g/mol. The molecule has 3 saturated heterocycles. The summed E-state index contributed by atoms with van der Waals surface area (Å²) in [4.78, 5) is 12.0. The molecule has 2 bridgehead atoms. The number of carbonyl (C=O) groups is 1. The number of aliphatic hydroxyl groups excluding tert-OH is 2. The lowest BCUT2D eigenvalue weighted by Gasteiger charge is -2.43. The number of ether oxygens (including phenoxy) is 3. The van der Waals surface area contributed by atoms with E-state index in [1.165, 1.54) is 0 Å². The molecule has 0 aromatic heterocycles. The Morgan fingerprint density at radius 2 is 1.86 bits per heavy atom. The van der Waals surface area contributed by atoms with Crippen LogP contribution in [0.25, 0.3) is 0 Å². The van der Waals surface area contributed by atoms with E-state index in [-0.39, 0.29) is 24.0 Å². The lowest BCUT2D eigenvalue weighted by molar-refractivity contribution is -0.286. The fourth-order valence-electron chi connectivity index (χ4n) is 4.74. The Morgan fingerprint density at radius 3 is 2.45 bits per heavy atom. The fourth-order valence-corrected chi connectivity index (χ4v) is 5.77. The second kappa shape index (κ2) is 7.57. The highest BCUT2D eigenvalue weighted by atomic mass is 28.4. The number of rotatable bonds is 4. The van der Waals surface area contributed by atoms with Crippen molar-refractivity contribution in [1.29, 1.82) is 0 Å². The highest BCUT2D eigenvalue weighted by Gasteiger charge is 2.60. The van der Waals surface area contributed by atoms with E-state index >= 15 is 0 Å². The molecule has 0 saturated carbocycles. The molecule has 0 amide bonds. The van der Waals surface area contributed by atoms with Crippen LogP contribution in [0, 0.1) is 11.8 Å². The number of methoxy groups -OCH3 is 1. The van der Waals surface area contributed by atoms with Crippen LogP contribution in [-0.4, -0.2) is 67.9 Å². The average molecular weight is 431 g/mol. The molecule has 0 spiro atoms. The highest BCUT2D eigenvalue weighted by Crippen LogP contribution is 2.51. The summed E-state index contributed by atoms with van der Waals surface area (Å²) in [6.07, 6.45) is -0.838. The molecule has 168 valence electrons. The van der Waals surface area contributed by atoms with Crippen molar-refractivity contribution in [2.24, 2.45) is 11.8 Å². The maximum absolute atomic E-state index is 12.0. The summed E-state index contributed by atoms with van der Waals surface area (Å²) < 4.78 is 24.3. The molecule has 3 aliphatic rings. The van der Waals surface area contributed by atoms with E-state index in [1.54, 1.807) is 7.11 Å². The highest BCUT2D eigenvalue weighted by molar-refractivity contribution is 6.74. The lowest BCUT2D eigenvalue weighted by atomic mass is 9.78. The first-order valence-electron chi connectivity index (χ1n) is 10.7. The Morgan fingerprint density at radius 1 is 1.21 bits per heavy atom. The van der Waals surface area contributed by atoms with Gasteiger partial charge in [0.15, 0.2) is 14.1 Å². The van der Waals surface area contributed by atoms with Crippen LogP contribution < -0.4 is 0 Å². The molecule has 0 aromatic rings. The molecule has 0 unspecified atom stereocenters. The summed E-state index contributed by atoms with van der Waals surface area (Å²) in [5.41, 5.74) is -0.553. The summed E-state index contributed by atoms with van der Waals surface area (Å²) in [6.45, 7) is 13.0. The van der Waals surface area contributed by atoms with Gasteiger partial charge in [-0.2, -0.15) is 0 Å². The molecule has 29 heavy (non-hydrogen) atoms. The number of aliphatic hydroxyl groups is 2. The van der Waals surface area contributed by atoms with Crippen LogP contribution in [0.15, 0.2) is 0 Å². The summed E-state index contributed by atoms with van der Waals surface area (Å²) in [5.74, 6) is -2.41. The molecular formula is C21H38O7Si. The fraction of sp³-hybridized carbons (Fsp3) is 0.952. The van der Waals surface area contributed by atoms with Gasteiger partial charge in [-0.05, 0) is 31.5 Å². The average Bonchev–Trinajstić information content (AvgIpc) is 3.13. The standard InChI is InChI=1S/C21H38O7Si/c1-19(2,3)29(6,7)26-12-14-18(24)17(23)13-10-16(22)27-15(13)11-20(4)8-9-21(14,25-5)28-20/h13-15,17-18,23-24H,8-12H2,1-7H3/t13-,14-,15-,17+,18-,20+,21-/m1/s1. The number of fused-ring (bicyclic) bond motifs is 3. The minimum Gasteiger partial charge on any atom is -0.462 e. The molecule has 7 nitrogen and oxygen atoms in total. The van der Waals surface area contributed by atoms with Gasteiger partial charge in [0.2, 0.25) is 0 Å². The van der Waals surface area contributed by atoms with Gasteiger partial charge in [-0.3, -0.25) is 4.79 Å². The molecule has 0 radical (unpaired) electrons. The minimum absolute atomic E-state index is 0.0111. The van der Waals surface area contributed by atoms with Gasteiger partial charge >= 0.3 is 5.97 Å².